The Labute approximate surface area is 152 Å². The quantitative estimate of drug-likeness (QED) is 0.722. The SMILES string of the molecule is Cc1ccc(C(C)C)c(O[C@@H](C)C(=O)Nc2ccc(Br)c(C)c2)c1. The van der Waals surface area contributed by atoms with Gasteiger partial charge in [0.1, 0.15) is 5.75 Å². The summed E-state index contributed by atoms with van der Waals surface area (Å²) in [7, 11) is 0. The molecule has 0 saturated carbocycles. The van der Waals surface area contributed by atoms with Crippen LogP contribution >= 0.6 is 15.9 Å². The van der Waals surface area contributed by atoms with Crippen molar-refractivity contribution in [2.75, 3.05) is 5.32 Å². The van der Waals surface area contributed by atoms with Crippen LogP contribution in [-0.2, 0) is 4.79 Å². The maximum absolute atomic E-state index is 12.4. The number of carbonyl (C=O) groups is 1. The minimum Gasteiger partial charge on any atom is -0.481 e. The fraction of sp³-hybridized carbons (Fsp3) is 0.350. The number of ether oxygens (including phenoxy) is 1. The number of benzene rings is 2. The zero-order chi connectivity index (χ0) is 17.9. The van der Waals surface area contributed by atoms with Crippen molar-refractivity contribution in [1.29, 1.82) is 0 Å². The van der Waals surface area contributed by atoms with Crippen LogP contribution in [0.1, 0.15) is 43.4 Å². The number of halogens is 1. The number of hydrogen-bond donors (Lipinski definition) is 1. The third-order valence-corrected chi connectivity index (χ3v) is 4.78. The molecule has 0 aromatic heterocycles. The highest BCUT2D eigenvalue weighted by atomic mass is 79.9. The van der Waals surface area contributed by atoms with Gasteiger partial charge in [-0.3, -0.25) is 4.79 Å². The lowest BCUT2D eigenvalue weighted by atomic mass is 10.0. The second-order valence-corrected chi connectivity index (χ2v) is 7.26. The summed E-state index contributed by atoms with van der Waals surface area (Å²) in [6, 6.07) is 11.8. The van der Waals surface area contributed by atoms with Crippen molar-refractivity contribution in [3.05, 3.63) is 57.6 Å². The molecule has 2 rings (SSSR count). The predicted molar refractivity (Wildman–Crippen MR) is 103 cm³/mol. The molecule has 0 fully saturated rings. The Morgan fingerprint density at radius 1 is 1.08 bits per heavy atom. The second-order valence-electron chi connectivity index (χ2n) is 6.41. The van der Waals surface area contributed by atoms with Crippen molar-refractivity contribution in [3.8, 4) is 5.75 Å². The molecule has 1 N–H and O–H groups in total. The van der Waals surface area contributed by atoms with E-state index in [1.807, 2.05) is 38.1 Å². The molecule has 2 aromatic rings. The number of rotatable bonds is 5. The molecular weight excluding hydrogens is 366 g/mol. The van der Waals surface area contributed by atoms with Crippen LogP contribution in [0.15, 0.2) is 40.9 Å². The number of anilines is 1. The summed E-state index contributed by atoms with van der Waals surface area (Å²) in [4.78, 5) is 12.4. The first-order chi connectivity index (χ1) is 11.3. The molecule has 0 saturated heterocycles. The third-order valence-electron chi connectivity index (χ3n) is 3.89. The fourth-order valence-electron chi connectivity index (χ4n) is 2.43. The summed E-state index contributed by atoms with van der Waals surface area (Å²) in [5.74, 6) is 0.956. The Morgan fingerprint density at radius 3 is 2.42 bits per heavy atom. The summed E-state index contributed by atoms with van der Waals surface area (Å²) in [5.41, 5.74) is 4.07. The lowest BCUT2D eigenvalue weighted by Crippen LogP contribution is -2.30. The number of nitrogens with one attached hydrogen (secondary N) is 1. The Morgan fingerprint density at radius 2 is 1.79 bits per heavy atom. The normalized spacial score (nSPS) is 12.1. The van der Waals surface area contributed by atoms with Gasteiger partial charge < -0.3 is 10.1 Å². The molecule has 1 amide bonds. The largest absolute Gasteiger partial charge is 0.481 e. The smallest absolute Gasteiger partial charge is 0.265 e. The molecule has 0 unspecified atom stereocenters. The van der Waals surface area contributed by atoms with Crippen molar-refractivity contribution in [2.24, 2.45) is 0 Å². The van der Waals surface area contributed by atoms with Crippen LogP contribution in [0.2, 0.25) is 0 Å². The first kappa shape index (κ1) is 18.5. The summed E-state index contributed by atoms with van der Waals surface area (Å²) < 4.78 is 6.97. The van der Waals surface area contributed by atoms with E-state index in [-0.39, 0.29) is 5.91 Å². The van der Waals surface area contributed by atoms with Crippen molar-refractivity contribution < 1.29 is 9.53 Å². The summed E-state index contributed by atoms with van der Waals surface area (Å²) >= 11 is 3.46. The van der Waals surface area contributed by atoms with E-state index < -0.39 is 6.10 Å². The van der Waals surface area contributed by atoms with E-state index in [1.165, 1.54) is 0 Å². The summed E-state index contributed by atoms with van der Waals surface area (Å²) in [6.07, 6.45) is -0.576. The standard InChI is InChI=1S/C20H24BrNO2/c1-12(2)17-8-6-13(3)10-19(17)24-15(5)20(23)22-16-7-9-18(21)14(4)11-16/h6-12,15H,1-5H3,(H,22,23)/t15-/m0/s1. The Kier molecular flexibility index (Phi) is 6.05. The van der Waals surface area contributed by atoms with Crippen LogP contribution in [0.25, 0.3) is 0 Å². The van der Waals surface area contributed by atoms with Gasteiger partial charge in [-0.05, 0) is 67.6 Å². The van der Waals surface area contributed by atoms with E-state index in [0.717, 1.165) is 32.6 Å². The van der Waals surface area contributed by atoms with Crippen LogP contribution in [0.4, 0.5) is 5.69 Å². The van der Waals surface area contributed by atoms with Gasteiger partial charge in [-0.25, -0.2) is 0 Å². The number of carbonyl (C=O) groups excluding carboxylic acids is 1. The van der Waals surface area contributed by atoms with Gasteiger partial charge in [-0.1, -0.05) is 41.9 Å². The van der Waals surface area contributed by atoms with Gasteiger partial charge in [0.2, 0.25) is 0 Å². The van der Waals surface area contributed by atoms with Crippen molar-refractivity contribution >= 4 is 27.5 Å². The van der Waals surface area contributed by atoms with E-state index in [1.54, 1.807) is 6.92 Å². The van der Waals surface area contributed by atoms with Crippen LogP contribution in [-0.4, -0.2) is 12.0 Å². The minimum absolute atomic E-state index is 0.159. The van der Waals surface area contributed by atoms with Gasteiger partial charge in [0.25, 0.3) is 5.91 Å². The first-order valence-corrected chi connectivity index (χ1v) is 8.91. The first-order valence-electron chi connectivity index (χ1n) is 8.12. The van der Waals surface area contributed by atoms with E-state index in [2.05, 4.69) is 47.2 Å². The Balaban J connectivity index is 2.11. The van der Waals surface area contributed by atoms with E-state index in [0.29, 0.717) is 5.92 Å². The zero-order valence-corrected chi connectivity index (χ0v) is 16.4. The fourth-order valence-corrected chi connectivity index (χ4v) is 2.68. The van der Waals surface area contributed by atoms with E-state index in [9.17, 15) is 4.79 Å². The van der Waals surface area contributed by atoms with Gasteiger partial charge in [-0.2, -0.15) is 0 Å². The molecule has 0 heterocycles. The van der Waals surface area contributed by atoms with Crippen molar-refractivity contribution in [2.45, 2.75) is 46.6 Å². The van der Waals surface area contributed by atoms with Crippen LogP contribution in [0, 0.1) is 13.8 Å². The highest BCUT2D eigenvalue weighted by Crippen LogP contribution is 2.28. The molecule has 0 bridgehead atoms. The number of aryl methyl sites for hydroxylation is 2. The van der Waals surface area contributed by atoms with Gasteiger partial charge >= 0.3 is 0 Å². The maximum atomic E-state index is 12.4. The number of hydrogen-bond acceptors (Lipinski definition) is 2. The average Bonchev–Trinajstić information content (AvgIpc) is 2.50. The van der Waals surface area contributed by atoms with Crippen molar-refractivity contribution in [1.82, 2.24) is 0 Å². The van der Waals surface area contributed by atoms with E-state index >= 15 is 0 Å². The van der Waals surface area contributed by atoms with Gasteiger partial charge in [-0.15, -0.1) is 0 Å². The van der Waals surface area contributed by atoms with Crippen molar-refractivity contribution in [3.63, 3.8) is 0 Å². The van der Waals surface area contributed by atoms with Gasteiger partial charge in [0.15, 0.2) is 6.10 Å². The van der Waals surface area contributed by atoms with Crippen LogP contribution < -0.4 is 10.1 Å². The van der Waals surface area contributed by atoms with Gasteiger partial charge in [0, 0.05) is 10.2 Å². The van der Waals surface area contributed by atoms with Crippen LogP contribution in [0.5, 0.6) is 5.75 Å². The molecule has 3 nitrogen and oxygen atoms in total. The molecule has 24 heavy (non-hydrogen) atoms. The average molecular weight is 390 g/mol. The topological polar surface area (TPSA) is 38.3 Å². The summed E-state index contributed by atoms with van der Waals surface area (Å²) in [5, 5.41) is 2.91. The second kappa shape index (κ2) is 7.84. The lowest BCUT2D eigenvalue weighted by molar-refractivity contribution is -0.122. The molecule has 0 aliphatic rings. The molecule has 2 aromatic carbocycles. The molecular formula is C20H24BrNO2. The molecule has 0 aliphatic carbocycles. The molecule has 1 atom stereocenters. The maximum Gasteiger partial charge on any atom is 0.265 e. The molecule has 0 radical (unpaired) electrons. The summed E-state index contributed by atoms with van der Waals surface area (Å²) in [6.45, 7) is 10.0. The number of amides is 1. The molecule has 0 spiro atoms. The zero-order valence-electron chi connectivity index (χ0n) is 14.8. The monoisotopic (exact) mass is 389 g/mol. The third kappa shape index (κ3) is 4.60. The van der Waals surface area contributed by atoms with E-state index in [4.69, 9.17) is 4.74 Å². The molecule has 128 valence electrons. The minimum atomic E-state index is -0.576. The van der Waals surface area contributed by atoms with Gasteiger partial charge in [0.05, 0.1) is 0 Å². The molecule has 4 heteroatoms. The Bertz CT molecular complexity index is 740. The predicted octanol–water partition coefficient (Wildman–Crippen LogP) is 5.60. The van der Waals surface area contributed by atoms with Crippen LogP contribution in [0.3, 0.4) is 0 Å². The highest BCUT2D eigenvalue weighted by Gasteiger charge is 2.18. The molecule has 0 aliphatic heterocycles. The highest BCUT2D eigenvalue weighted by molar-refractivity contribution is 9.10. The lowest BCUT2D eigenvalue weighted by Gasteiger charge is -2.19. The Hall–Kier alpha value is -1.81.